The van der Waals surface area contributed by atoms with Crippen LogP contribution in [0.5, 0.6) is 11.5 Å². The summed E-state index contributed by atoms with van der Waals surface area (Å²) in [5.74, 6) is 1.76. The Bertz CT molecular complexity index is 541. The van der Waals surface area contributed by atoms with E-state index in [2.05, 4.69) is 10.2 Å². The van der Waals surface area contributed by atoms with E-state index in [4.69, 9.17) is 19.9 Å². The van der Waals surface area contributed by atoms with Crippen molar-refractivity contribution in [3.63, 3.8) is 0 Å². The van der Waals surface area contributed by atoms with Gasteiger partial charge in [0.15, 0.2) is 0 Å². The summed E-state index contributed by atoms with van der Waals surface area (Å²) < 4.78 is 15.5. The first-order valence-electron chi connectivity index (χ1n) is 8.07. The highest BCUT2D eigenvalue weighted by Gasteiger charge is 2.24. The topological polar surface area (TPSA) is 86.0 Å². The van der Waals surface area contributed by atoms with Crippen molar-refractivity contribution >= 4 is 36.4 Å². The lowest BCUT2D eigenvalue weighted by atomic mass is 10.1. The molecule has 2 rings (SSSR count). The SMILES string of the molecule is COCC(N)C(=O)NCC1CCN(c2cc(OC)cc(OC)c2)C1.Cl.Cl. The average Bonchev–Trinajstić information content (AvgIpc) is 3.08. The summed E-state index contributed by atoms with van der Waals surface area (Å²) in [5, 5.41) is 2.91. The standard InChI is InChI=1S/C17H27N3O4.2ClH/c1-22-11-16(18)17(21)19-9-12-4-5-20(10-12)13-6-14(23-2)8-15(7-13)24-3;;/h6-8,12,16H,4-5,9-11,18H2,1-3H3,(H,19,21);2*1H. The van der Waals surface area contributed by atoms with Crippen molar-refractivity contribution in [3.8, 4) is 11.5 Å². The van der Waals surface area contributed by atoms with E-state index in [0.29, 0.717) is 12.5 Å². The van der Waals surface area contributed by atoms with Crippen LogP contribution < -0.4 is 25.4 Å². The van der Waals surface area contributed by atoms with E-state index < -0.39 is 6.04 Å². The number of anilines is 1. The normalized spacial score (nSPS) is 16.9. The van der Waals surface area contributed by atoms with Crippen LogP contribution in [0.15, 0.2) is 18.2 Å². The van der Waals surface area contributed by atoms with E-state index in [9.17, 15) is 4.79 Å². The molecule has 26 heavy (non-hydrogen) atoms. The minimum absolute atomic E-state index is 0. The molecule has 150 valence electrons. The summed E-state index contributed by atoms with van der Waals surface area (Å²) in [4.78, 5) is 14.1. The van der Waals surface area contributed by atoms with Crippen molar-refractivity contribution in [2.45, 2.75) is 12.5 Å². The lowest BCUT2D eigenvalue weighted by Crippen LogP contribution is -2.45. The summed E-state index contributed by atoms with van der Waals surface area (Å²) in [6.45, 7) is 2.65. The van der Waals surface area contributed by atoms with Crippen molar-refractivity contribution in [3.05, 3.63) is 18.2 Å². The monoisotopic (exact) mass is 409 g/mol. The summed E-state index contributed by atoms with van der Waals surface area (Å²) in [6.07, 6.45) is 1.01. The van der Waals surface area contributed by atoms with E-state index in [0.717, 1.165) is 36.7 Å². The fraction of sp³-hybridized carbons (Fsp3) is 0.588. The zero-order valence-electron chi connectivity index (χ0n) is 15.4. The van der Waals surface area contributed by atoms with Crippen molar-refractivity contribution in [2.75, 3.05) is 52.5 Å². The number of carbonyl (C=O) groups excluding carboxylic acids is 1. The van der Waals surface area contributed by atoms with Crippen molar-refractivity contribution < 1.29 is 19.0 Å². The third-order valence-corrected chi connectivity index (χ3v) is 4.24. The molecular formula is C17H29Cl2N3O4. The van der Waals surface area contributed by atoms with Gasteiger partial charge in [0.1, 0.15) is 17.5 Å². The van der Waals surface area contributed by atoms with Crippen LogP contribution in [0.2, 0.25) is 0 Å². The molecule has 0 bridgehead atoms. The molecule has 1 amide bonds. The van der Waals surface area contributed by atoms with E-state index >= 15 is 0 Å². The molecule has 1 fully saturated rings. The molecule has 1 aromatic carbocycles. The van der Waals surface area contributed by atoms with Gasteiger partial charge in [-0.2, -0.15) is 0 Å². The van der Waals surface area contributed by atoms with Crippen LogP contribution in [0.3, 0.4) is 0 Å². The zero-order valence-corrected chi connectivity index (χ0v) is 17.0. The molecule has 2 atom stereocenters. The molecular weight excluding hydrogens is 381 g/mol. The summed E-state index contributed by atoms with van der Waals surface area (Å²) in [6, 6.07) is 5.24. The van der Waals surface area contributed by atoms with Crippen LogP contribution in [0.25, 0.3) is 0 Å². The van der Waals surface area contributed by atoms with Gasteiger partial charge in [-0.1, -0.05) is 0 Å². The number of nitrogens with one attached hydrogen (secondary N) is 1. The van der Waals surface area contributed by atoms with Gasteiger partial charge in [-0.05, 0) is 12.3 Å². The number of methoxy groups -OCH3 is 3. The maximum Gasteiger partial charge on any atom is 0.239 e. The van der Waals surface area contributed by atoms with Crippen LogP contribution in [-0.2, 0) is 9.53 Å². The number of rotatable bonds is 8. The van der Waals surface area contributed by atoms with E-state index in [1.54, 1.807) is 14.2 Å². The molecule has 1 aliphatic rings. The van der Waals surface area contributed by atoms with Crippen LogP contribution in [-0.4, -0.2) is 59.5 Å². The summed E-state index contributed by atoms with van der Waals surface area (Å²) in [7, 11) is 4.82. The number of carbonyl (C=O) groups is 1. The smallest absolute Gasteiger partial charge is 0.239 e. The van der Waals surface area contributed by atoms with E-state index in [1.807, 2.05) is 18.2 Å². The van der Waals surface area contributed by atoms with Crippen LogP contribution in [0, 0.1) is 5.92 Å². The number of benzene rings is 1. The minimum atomic E-state index is -0.616. The Hall–Kier alpha value is -1.41. The molecule has 0 saturated carbocycles. The quantitative estimate of drug-likeness (QED) is 0.675. The number of nitrogens with two attached hydrogens (primary N) is 1. The predicted molar refractivity (Wildman–Crippen MR) is 107 cm³/mol. The van der Waals surface area contributed by atoms with Crippen molar-refractivity contribution in [1.29, 1.82) is 0 Å². The molecule has 0 spiro atoms. The van der Waals surface area contributed by atoms with Gasteiger partial charge in [-0.3, -0.25) is 4.79 Å². The molecule has 1 heterocycles. The highest BCUT2D eigenvalue weighted by Crippen LogP contribution is 2.31. The van der Waals surface area contributed by atoms with Crippen molar-refractivity contribution in [1.82, 2.24) is 5.32 Å². The number of ether oxygens (including phenoxy) is 3. The first-order chi connectivity index (χ1) is 11.6. The third-order valence-electron chi connectivity index (χ3n) is 4.24. The Morgan fingerprint density at radius 1 is 1.23 bits per heavy atom. The van der Waals surface area contributed by atoms with Crippen molar-refractivity contribution in [2.24, 2.45) is 11.7 Å². The van der Waals surface area contributed by atoms with Gasteiger partial charge in [0.05, 0.1) is 20.8 Å². The molecule has 0 radical (unpaired) electrons. The summed E-state index contributed by atoms with van der Waals surface area (Å²) >= 11 is 0. The molecule has 1 aliphatic heterocycles. The number of halogens is 2. The Balaban J connectivity index is 0.00000312. The molecule has 3 N–H and O–H groups in total. The van der Waals surface area contributed by atoms with E-state index in [1.165, 1.54) is 7.11 Å². The largest absolute Gasteiger partial charge is 0.497 e. The molecule has 0 aromatic heterocycles. The zero-order chi connectivity index (χ0) is 17.5. The second-order valence-electron chi connectivity index (χ2n) is 5.98. The van der Waals surface area contributed by atoms with Crippen LogP contribution in [0.4, 0.5) is 5.69 Å². The van der Waals surface area contributed by atoms with Gasteiger partial charge >= 0.3 is 0 Å². The number of hydrogen-bond acceptors (Lipinski definition) is 6. The lowest BCUT2D eigenvalue weighted by Gasteiger charge is -2.20. The Labute approximate surface area is 167 Å². The highest BCUT2D eigenvalue weighted by molar-refractivity contribution is 5.85. The Morgan fingerprint density at radius 3 is 2.38 bits per heavy atom. The van der Waals surface area contributed by atoms with Crippen LogP contribution in [0.1, 0.15) is 6.42 Å². The Kier molecular flexibility index (Phi) is 11.4. The number of nitrogens with zero attached hydrogens (tertiary/aromatic N) is 1. The number of amides is 1. The third kappa shape index (κ3) is 6.72. The molecule has 9 heteroatoms. The second-order valence-corrected chi connectivity index (χ2v) is 5.98. The van der Waals surface area contributed by atoms with Gasteiger partial charge < -0.3 is 30.2 Å². The van der Waals surface area contributed by atoms with Gasteiger partial charge in [-0.15, -0.1) is 24.8 Å². The average molecular weight is 410 g/mol. The first-order valence-corrected chi connectivity index (χ1v) is 8.07. The number of hydrogen-bond donors (Lipinski definition) is 2. The van der Waals surface area contributed by atoms with E-state index in [-0.39, 0.29) is 37.3 Å². The predicted octanol–water partition coefficient (Wildman–Crippen LogP) is 1.46. The van der Waals surface area contributed by atoms with Gasteiger partial charge in [-0.25, -0.2) is 0 Å². The maximum absolute atomic E-state index is 11.8. The molecule has 2 unspecified atom stereocenters. The van der Waals surface area contributed by atoms with Gasteiger partial charge in [0.2, 0.25) is 5.91 Å². The maximum atomic E-state index is 11.8. The highest BCUT2D eigenvalue weighted by atomic mass is 35.5. The lowest BCUT2D eigenvalue weighted by molar-refractivity contribution is -0.123. The first kappa shape index (κ1) is 24.6. The molecule has 1 saturated heterocycles. The Morgan fingerprint density at radius 2 is 1.85 bits per heavy atom. The van der Waals surface area contributed by atoms with Crippen LogP contribution >= 0.6 is 24.8 Å². The molecule has 7 nitrogen and oxygen atoms in total. The fourth-order valence-corrected chi connectivity index (χ4v) is 2.84. The molecule has 0 aliphatic carbocycles. The van der Waals surface area contributed by atoms with Gasteiger partial charge in [0.25, 0.3) is 0 Å². The minimum Gasteiger partial charge on any atom is -0.497 e. The molecule has 1 aromatic rings. The summed E-state index contributed by atoms with van der Waals surface area (Å²) in [5.41, 5.74) is 6.79. The van der Waals surface area contributed by atoms with Gasteiger partial charge in [0, 0.05) is 50.6 Å². The fourth-order valence-electron chi connectivity index (χ4n) is 2.84. The second kappa shape index (κ2) is 12.1.